The number of hydrogen-bond acceptors (Lipinski definition) is 2. The van der Waals surface area contributed by atoms with Gasteiger partial charge in [-0.2, -0.15) is 0 Å². The van der Waals surface area contributed by atoms with E-state index in [9.17, 15) is 5.11 Å². The minimum atomic E-state index is 0.336. The maximum atomic E-state index is 9.30. The van der Waals surface area contributed by atoms with Gasteiger partial charge in [-0.15, -0.1) is 0 Å². The lowest BCUT2D eigenvalue weighted by Crippen LogP contribution is -2.07. The predicted octanol–water partition coefficient (Wildman–Crippen LogP) is 1.62. The monoisotopic (exact) mass is 150 g/mol. The van der Waals surface area contributed by atoms with E-state index in [0.29, 0.717) is 12.3 Å². The van der Waals surface area contributed by atoms with Crippen LogP contribution in [0.4, 0.5) is 0 Å². The van der Waals surface area contributed by atoms with E-state index >= 15 is 0 Å². The smallest absolute Gasteiger partial charge is 0.119 e. The molecule has 0 amide bonds. The largest absolute Gasteiger partial charge is 0.508 e. The zero-order chi connectivity index (χ0) is 8.27. The second kappa shape index (κ2) is 3.39. The highest BCUT2D eigenvalue weighted by Crippen LogP contribution is 2.16. The van der Waals surface area contributed by atoms with Crippen LogP contribution >= 0.6 is 0 Å². The second-order valence-corrected chi connectivity index (χ2v) is 2.64. The summed E-state index contributed by atoms with van der Waals surface area (Å²) in [6.07, 6.45) is 0. The fourth-order valence-electron chi connectivity index (χ4n) is 0.935. The summed E-state index contributed by atoms with van der Waals surface area (Å²) >= 11 is 0. The molecule has 0 bridgehead atoms. The zero-order valence-corrected chi connectivity index (χ0v) is 6.62. The molecule has 2 heteroatoms. The van der Waals surface area contributed by atoms with Crippen LogP contribution in [0.15, 0.2) is 24.3 Å². The number of para-hydroxylation sites is 1. The lowest BCUT2D eigenvalue weighted by atomic mass is 10.2. The Bertz CT molecular complexity index is 233. The van der Waals surface area contributed by atoms with E-state index in [-0.39, 0.29) is 0 Å². The average Bonchev–Trinajstić information content (AvgIpc) is 1.93. The van der Waals surface area contributed by atoms with Gasteiger partial charge < -0.3 is 10.0 Å². The fraction of sp³-hybridized carbons (Fsp3) is 0.222. The highest BCUT2D eigenvalue weighted by Gasteiger charge is 1.96. The van der Waals surface area contributed by atoms with Gasteiger partial charge >= 0.3 is 0 Å². The van der Waals surface area contributed by atoms with E-state index in [2.05, 4.69) is 7.05 Å². The lowest BCUT2D eigenvalue weighted by molar-refractivity contribution is 0.416. The molecule has 0 saturated heterocycles. The topological polar surface area (TPSA) is 23.5 Å². The Kier molecular flexibility index (Phi) is 2.49. The van der Waals surface area contributed by atoms with Crippen molar-refractivity contribution in [2.24, 2.45) is 0 Å². The Balaban J connectivity index is 2.78. The Morgan fingerprint density at radius 1 is 1.45 bits per heavy atom. The van der Waals surface area contributed by atoms with Gasteiger partial charge in [0.1, 0.15) is 5.75 Å². The predicted molar refractivity (Wildman–Crippen MR) is 44.9 cm³/mol. The van der Waals surface area contributed by atoms with E-state index in [0.717, 1.165) is 5.56 Å². The van der Waals surface area contributed by atoms with Gasteiger partial charge in [0.05, 0.1) is 0 Å². The maximum Gasteiger partial charge on any atom is 0.119 e. The van der Waals surface area contributed by atoms with Crippen molar-refractivity contribution in [2.75, 3.05) is 7.05 Å². The molecular formula is C9H12NO-. The number of phenols is 1. The summed E-state index contributed by atoms with van der Waals surface area (Å²) in [5, 5.41) is 9.30. The molecule has 0 aliphatic carbocycles. The SMILES string of the molecule is [CH2-]N(C)Cc1ccccc1O. The molecule has 11 heavy (non-hydrogen) atoms. The molecule has 1 aromatic rings. The van der Waals surface area contributed by atoms with E-state index in [1.54, 1.807) is 11.0 Å². The van der Waals surface area contributed by atoms with E-state index < -0.39 is 0 Å². The van der Waals surface area contributed by atoms with Crippen LogP contribution in [0.5, 0.6) is 5.75 Å². The Labute approximate surface area is 67.1 Å². The molecule has 0 heterocycles. The highest BCUT2D eigenvalue weighted by atomic mass is 16.3. The first kappa shape index (κ1) is 8.08. The van der Waals surface area contributed by atoms with Crippen LogP contribution < -0.4 is 0 Å². The van der Waals surface area contributed by atoms with Crippen molar-refractivity contribution in [3.05, 3.63) is 36.9 Å². The van der Waals surface area contributed by atoms with E-state index in [4.69, 9.17) is 0 Å². The number of phenolic OH excluding ortho intramolecular Hbond substituents is 1. The van der Waals surface area contributed by atoms with Crippen LogP contribution in [0.2, 0.25) is 0 Å². The van der Waals surface area contributed by atoms with Gasteiger partial charge in [0.15, 0.2) is 0 Å². The summed E-state index contributed by atoms with van der Waals surface area (Å²) in [5.74, 6) is 0.336. The molecule has 2 nitrogen and oxygen atoms in total. The van der Waals surface area contributed by atoms with Gasteiger partial charge in [-0.25, -0.2) is 0 Å². The Hall–Kier alpha value is -1.02. The number of benzene rings is 1. The summed E-state index contributed by atoms with van der Waals surface area (Å²) < 4.78 is 0. The molecule has 60 valence electrons. The number of aromatic hydroxyl groups is 1. The first-order valence-electron chi connectivity index (χ1n) is 3.48. The summed E-state index contributed by atoms with van der Waals surface area (Å²) in [6, 6.07) is 7.27. The summed E-state index contributed by atoms with van der Waals surface area (Å²) in [6.45, 7) is 0.673. The third-order valence-corrected chi connectivity index (χ3v) is 1.43. The standard InChI is InChI=1S/C9H12NO/c1-10(2)7-8-5-3-4-6-9(8)11/h3-6,11H,1,7H2,2H3/q-1. The third kappa shape index (κ3) is 2.24. The molecule has 1 aromatic carbocycles. The molecule has 0 radical (unpaired) electrons. The first-order valence-corrected chi connectivity index (χ1v) is 3.48. The van der Waals surface area contributed by atoms with Gasteiger partial charge in [-0.3, -0.25) is 7.05 Å². The minimum absolute atomic E-state index is 0.336. The van der Waals surface area contributed by atoms with E-state index in [1.807, 2.05) is 25.2 Å². The fourth-order valence-corrected chi connectivity index (χ4v) is 0.935. The van der Waals surface area contributed by atoms with Crippen molar-refractivity contribution < 1.29 is 5.11 Å². The van der Waals surface area contributed by atoms with Gasteiger partial charge in [0.2, 0.25) is 0 Å². The molecule has 0 aromatic heterocycles. The van der Waals surface area contributed by atoms with Gasteiger partial charge in [-0.05, 0) is 19.7 Å². The highest BCUT2D eigenvalue weighted by molar-refractivity contribution is 5.31. The van der Waals surface area contributed by atoms with Crippen molar-refractivity contribution in [1.29, 1.82) is 0 Å². The number of hydrogen-bond donors (Lipinski definition) is 1. The van der Waals surface area contributed by atoms with Crippen molar-refractivity contribution in [3.63, 3.8) is 0 Å². The molecule has 0 unspecified atom stereocenters. The quantitative estimate of drug-likeness (QED) is 0.647. The van der Waals surface area contributed by atoms with Crippen LogP contribution in [-0.2, 0) is 6.54 Å². The molecule has 0 fully saturated rings. The molecule has 0 atom stereocenters. The Morgan fingerprint density at radius 2 is 2.09 bits per heavy atom. The number of rotatable bonds is 2. The normalized spacial score (nSPS) is 10.5. The van der Waals surface area contributed by atoms with Crippen molar-refractivity contribution >= 4 is 0 Å². The summed E-state index contributed by atoms with van der Waals surface area (Å²) in [7, 11) is 5.56. The molecule has 1 N–H and O–H groups in total. The van der Waals surface area contributed by atoms with E-state index in [1.165, 1.54) is 0 Å². The summed E-state index contributed by atoms with van der Waals surface area (Å²) in [4.78, 5) is 1.77. The van der Waals surface area contributed by atoms with Gasteiger partial charge in [0, 0.05) is 5.56 Å². The van der Waals surface area contributed by atoms with Gasteiger partial charge in [0.25, 0.3) is 0 Å². The number of nitrogens with zero attached hydrogens (tertiary/aromatic N) is 1. The van der Waals surface area contributed by atoms with Crippen LogP contribution in [0.3, 0.4) is 0 Å². The molecule has 1 rings (SSSR count). The minimum Gasteiger partial charge on any atom is -0.508 e. The van der Waals surface area contributed by atoms with Crippen LogP contribution in [0, 0.1) is 7.05 Å². The lowest BCUT2D eigenvalue weighted by Gasteiger charge is -2.18. The second-order valence-electron chi connectivity index (χ2n) is 2.64. The third-order valence-electron chi connectivity index (χ3n) is 1.43. The van der Waals surface area contributed by atoms with Crippen molar-refractivity contribution in [1.82, 2.24) is 4.90 Å². The molecular weight excluding hydrogens is 138 g/mol. The van der Waals surface area contributed by atoms with Crippen LogP contribution in [0.1, 0.15) is 5.56 Å². The first-order chi connectivity index (χ1) is 5.20. The average molecular weight is 150 g/mol. The molecule has 0 spiro atoms. The van der Waals surface area contributed by atoms with Crippen molar-refractivity contribution in [3.8, 4) is 5.75 Å². The zero-order valence-electron chi connectivity index (χ0n) is 6.62. The molecule has 0 aliphatic heterocycles. The summed E-state index contributed by atoms with van der Waals surface area (Å²) in [5.41, 5.74) is 0.907. The van der Waals surface area contributed by atoms with Crippen molar-refractivity contribution in [2.45, 2.75) is 6.54 Å². The maximum absolute atomic E-state index is 9.30. The van der Waals surface area contributed by atoms with Gasteiger partial charge in [-0.1, -0.05) is 18.2 Å². The van der Waals surface area contributed by atoms with Crippen LogP contribution in [-0.4, -0.2) is 17.1 Å². The molecule has 0 aliphatic rings. The Morgan fingerprint density at radius 3 is 2.64 bits per heavy atom. The van der Waals surface area contributed by atoms with Crippen LogP contribution in [0.25, 0.3) is 0 Å². The molecule has 0 saturated carbocycles.